The van der Waals surface area contributed by atoms with Crippen molar-refractivity contribution in [2.75, 3.05) is 28.8 Å². The average Bonchev–Trinajstić information content (AvgIpc) is 3.24. The van der Waals surface area contributed by atoms with E-state index in [1.54, 1.807) is 16.8 Å². The molecule has 4 atom stereocenters. The number of carbonyl (C=O) groups excluding carboxylic acids is 1. The summed E-state index contributed by atoms with van der Waals surface area (Å²) in [5.74, 6) is 0.214. The van der Waals surface area contributed by atoms with Crippen molar-refractivity contribution in [3.63, 3.8) is 0 Å². The Morgan fingerprint density at radius 3 is 2.76 bits per heavy atom. The van der Waals surface area contributed by atoms with Crippen LogP contribution in [0.2, 0.25) is 0 Å². The topological polar surface area (TPSA) is 123 Å². The molecule has 1 aliphatic heterocycles. The largest absolute Gasteiger partial charge is 0.368 e. The fourth-order valence-electron chi connectivity index (χ4n) is 4.94. The molecule has 0 bridgehead atoms. The number of hydrogen-bond acceptors (Lipinski definition) is 8. The van der Waals surface area contributed by atoms with Gasteiger partial charge in [0.25, 0.3) is 5.91 Å². The second-order valence-corrected chi connectivity index (χ2v) is 12.5. The smallest absolute Gasteiger partial charge is 0.259 e. The van der Waals surface area contributed by atoms with Gasteiger partial charge in [-0.3, -0.25) is 4.79 Å². The summed E-state index contributed by atoms with van der Waals surface area (Å²) in [5, 5.41) is 11.3. The van der Waals surface area contributed by atoms with Gasteiger partial charge in [0.05, 0.1) is 28.9 Å². The third kappa shape index (κ3) is 4.53. The van der Waals surface area contributed by atoms with Gasteiger partial charge in [0.2, 0.25) is 11.7 Å². The Labute approximate surface area is 218 Å². The molecule has 3 aromatic heterocycles. The van der Waals surface area contributed by atoms with Crippen molar-refractivity contribution in [3.8, 4) is 11.4 Å². The minimum Gasteiger partial charge on any atom is -0.368 e. The molecule has 4 aromatic rings. The van der Waals surface area contributed by atoms with Gasteiger partial charge in [0.15, 0.2) is 0 Å². The third-order valence-corrected chi connectivity index (χ3v) is 8.45. The van der Waals surface area contributed by atoms with Gasteiger partial charge in [0.1, 0.15) is 16.0 Å². The molecule has 1 saturated carbocycles. The lowest BCUT2D eigenvalue weighted by Gasteiger charge is -2.48. The lowest BCUT2D eigenvalue weighted by atomic mass is 9.91. The molecule has 10 nitrogen and oxygen atoms in total. The Hall–Kier alpha value is -3.80. The van der Waals surface area contributed by atoms with Crippen molar-refractivity contribution < 1.29 is 22.1 Å². The molecule has 1 unspecified atom stereocenters. The number of alkyl halides is 1. The summed E-state index contributed by atoms with van der Waals surface area (Å²) < 4.78 is 43.6. The van der Waals surface area contributed by atoms with E-state index in [1.807, 2.05) is 38.1 Å². The molecule has 2 fully saturated rings. The van der Waals surface area contributed by atoms with Crippen LogP contribution in [0.4, 0.5) is 15.8 Å². The number of pyridine rings is 1. The van der Waals surface area contributed by atoms with E-state index >= 15 is 0 Å². The maximum absolute atomic E-state index is 13.4. The minimum atomic E-state index is -3.04. The Bertz CT molecular complexity index is 1670. The lowest BCUT2D eigenvalue weighted by Crippen LogP contribution is -2.57. The SMILES string of the molecule is Cc1ccc(-c2noc(C3C[C@@H]3F)n2)cc1NC(=O)c1cnn2ccc(N3C[C@H](CS(C)(=O)=O)[C@@H]3C)cc12. The molecule has 12 heteroatoms. The van der Waals surface area contributed by atoms with Gasteiger partial charge < -0.3 is 14.7 Å². The summed E-state index contributed by atoms with van der Waals surface area (Å²) in [6.07, 6.45) is 4.04. The molecule has 2 aliphatic rings. The predicted octanol–water partition coefficient (Wildman–Crippen LogP) is 3.64. The Balaban J connectivity index is 1.22. The summed E-state index contributed by atoms with van der Waals surface area (Å²) in [7, 11) is -3.04. The van der Waals surface area contributed by atoms with E-state index in [1.165, 1.54) is 12.5 Å². The summed E-state index contributed by atoms with van der Waals surface area (Å²) >= 11 is 0. The summed E-state index contributed by atoms with van der Waals surface area (Å²) in [4.78, 5) is 19.8. The van der Waals surface area contributed by atoms with E-state index < -0.39 is 16.0 Å². The second kappa shape index (κ2) is 8.90. The number of amides is 1. The average molecular weight is 539 g/mol. The molecule has 1 amide bonds. The number of anilines is 2. The summed E-state index contributed by atoms with van der Waals surface area (Å²) in [5.41, 5.74) is 4.03. The van der Waals surface area contributed by atoms with Crippen molar-refractivity contribution in [1.82, 2.24) is 19.8 Å². The fraction of sp³-hybridized carbons (Fsp3) is 0.385. The first-order chi connectivity index (χ1) is 18.1. The number of halogens is 1. The van der Waals surface area contributed by atoms with Gasteiger partial charge >= 0.3 is 0 Å². The van der Waals surface area contributed by atoms with Gasteiger partial charge in [-0.05, 0) is 44.0 Å². The quantitative estimate of drug-likeness (QED) is 0.378. The number of nitrogens with zero attached hydrogens (tertiary/aromatic N) is 5. The van der Waals surface area contributed by atoms with Crippen LogP contribution in [0.5, 0.6) is 0 Å². The van der Waals surface area contributed by atoms with Crippen LogP contribution in [0.25, 0.3) is 16.9 Å². The van der Waals surface area contributed by atoms with Crippen molar-refractivity contribution in [2.45, 2.75) is 38.4 Å². The highest BCUT2D eigenvalue weighted by molar-refractivity contribution is 7.90. The molecule has 4 heterocycles. The van der Waals surface area contributed by atoms with Gasteiger partial charge in [-0.2, -0.15) is 10.1 Å². The van der Waals surface area contributed by atoms with Crippen LogP contribution in [-0.4, -0.2) is 64.8 Å². The molecule has 0 radical (unpaired) electrons. The molecular formula is C26H27FN6O4S. The number of fused-ring (bicyclic) bond motifs is 1. The van der Waals surface area contributed by atoms with Crippen molar-refractivity contribution in [3.05, 3.63) is 59.7 Å². The van der Waals surface area contributed by atoms with Crippen LogP contribution in [-0.2, 0) is 9.84 Å². The number of rotatable bonds is 7. The maximum Gasteiger partial charge on any atom is 0.259 e. The number of aromatic nitrogens is 4. The second-order valence-electron chi connectivity index (χ2n) is 10.3. The monoisotopic (exact) mass is 538 g/mol. The van der Waals surface area contributed by atoms with Crippen molar-refractivity contribution >= 4 is 32.6 Å². The van der Waals surface area contributed by atoms with E-state index in [-0.39, 0.29) is 29.5 Å². The predicted molar refractivity (Wildman–Crippen MR) is 140 cm³/mol. The van der Waals surface area contributed by atoms with Crippen LogP contribution in [0, 0.1) is 12.8 Å². The third-order valence-electron chi connectivity index (χ3n) is 7.42. The van der Waals surface area contributed by atoms with Crippen LogP contribution >= 0.6 is 0 Å². The zero-order chi connectivity index (χ0) is 26.8. The molecule has 1 aliphatic carbocycles. The number of carbonyl (C=O) groups is 1. The zero-order valence-corrected chi connectivity index (χ0v) is 21.9. The van der Waals surface area contributed by atoms with Gasteiger partial charge in [-0.1, -0.05) is 17.3 Å². The highest BCUT2D eigenvalue weighted by Gasteiger charge is 2.43. The number of benzene rings is 1. The van der Waals surface area contributed by atoms with Crippen LogP contribution in [0.3, 0.4) is 0 Å². The molecular weight excluding hydrogens is 511 g/mol. The van der Waals surface area contributed by atoms with Crippen LogP contribution in [0.1, 0.15) is 41.1 Å². The Morgan fingerprint density at radius 1 is 1.26 bits per heavy atom. The molecule has 38 heavy (non-hydrogen) atoms. The van der Waals surface area contributed by atoms with Crippen LogP contribution < -0.4 is 10.2 Å². The highest BCUT2D eigenvalue weighted by Crippen LogP contribution is 2.43. The van der Waals surface area contributed by atoms with E-state index in [4.69, 9.17) is 4.52 Å². The lowest BCUT2D eigenvalue weighted by molar-refractivity contribution is 0.102. The zero-order valence-electron chi connectivity index (χ0n) is 21.1. The normalized spacial score (nSPS) is 22.9. The molecule has 1 aromatic carbocycles. The first-order valence-electron chi connectivity index (χ1n) is 12.4. The summed E-state index contributed by atoms with van der Waals surface area (Å²) in [6.45, 7) is 4.53. The van der Waals surface area contributed by atoms with Crippen molar-refractivity contribution in [1.29, 1.82) is 0 Å². The number of aryl methyl sites for hydroxylation is 1. The van der Waals surface area contributed by atoms with Crippen molar-refractivity contribution in [2.24, 2.45) is 5.92 Å². The molecule has 1 saturated heterocycles. The Kier molecular flexibility index (Phi) is 5.74. The molecule has 0 spiro atoms. The first-order valence-corrected chi connectivity index (χ1v) is 14.5. The molecule has 1 N–H and O–H groups in total. The number of hydrogen-bond donors (Lipinski definition) is 1. The summed E-state index contributed by atoms with van der Waals surface area (Å²) in [6, 6.07) is 9.32. The fourth-order valence-corrected chi connectivity index (χ4v) is 6.10. The van der Waals surface area contributed by atoms with Crippen LogP contribution in [0.15, 0.2) is 47.2 Å². The number of sulfone groups is 1. The minimum absolute atomic E-state index is 0.0686. The maximum atomic E-state index is 13.4. The van der Waals surface area contributed by atoms with E-state index in [9.17, 15) is 17.6 Å². The first kappa shape index (κ1) is 24.5. The van der Waals surface area contributed by atoms with Gasteiger partial charge in [-0.25, -0.2) is 17.3 Å². The van der Waals surface area contributed by atoms with E-state index in [2.05, 4.69) is 25.5 Å². The number of nitrogens with one attached hydrogen (secondary N) is 1. The van der Waals surface area contributed by atoms with Gasteiger partial charge in [0, 0.05) is 47.9 Å². The van der Waals surface area contributed by atoms with E-state index in [0.29, 0.717) is 47.0 Å². The van der Waals surface area contributed by atoms with E-state index in [0.717, 1.165) is 11.3 Å². The standard InChI is InChI=1S/C26H27FN6O4S/c1-14-4-5-16(24-30-26(37-31-24)19-10-21(19)27)8-22(14)29-25(34)20-11-28-33-7-6-18(9-23(20)33)32-12-17(15(32)2)13-38(3,35)36/h4-9,11,15,17,19,21H,10,12-13H2,1-3H3,(H,29,34)/t15-,17+,19?,21-/m0/s1. The molecule has 198 valence electrons. The molecule has 6 rings (SSSR count). The van der Waals surface area contributed by atoms with Gasteiger partial charge in [-0.15, -0.1) is 0 Å². The highest BCUT2D eigenvalue weighted by atomic mass is 32.2. The Morgan fingerprint density at radius 2 is 2.05 bits per heavy atom.